The molecule has 0 atom stereocenters. The van der Waals surface area contributed by atoms with Crippen LogP contribution in [0, 0.1) is 11.6 Å². The first-order valence-electron chi connectivity index (χ1n) is 6.41. The molecule has 1 aliphatic rings. The second-order valence-electron chi connectivity index (χ2n) is 4.73. The topological polar surface area (TPSA) is 65.2 Å². The molecule has 1 heterocycles. The third kappa shape index (κ3) is 2.98. The number of amides is 2. The highest BCUT2D eigenvalue weighted by molar-refractivity contribution is 6.00. The molecule has 22 heavy (non-hydrogen) atoms. The van der Waals surface area contributed by atoms with Crippen molar-refractivity contribution in [2.45, 2.75) is 0 Å². The molecule has 0 aromatic heterocycles. The van der Waals surface area contributed by atoms with Crippen molar-refractivity contribution in [3.63, 3.8) is 0 Å². The van der Waals surface area contributed by atoms with E-state index in [-0.39, 0.29) is 5.69 Å². The van der Waals surface area contributed by atoms with E-state index in [0.717, 1.165) is 29.6 Å². The second-order valence-corrected chi connectivity index (χ2v) is 4.73. The number of nitrogens with one attached hydrogen (secondary N) is 4. The van der Waals surface area contributed by atoms with Crippen molar-refractivity contribution in [3.8, 4) is 0 Å². The first-order valence-corrected chi connectivity index (χ1v) is 6.41. The molecule has 0 bridgehead atoms. The van der Waals surface area contributed by atoms with Gasteiger partial charge in [0.1, 0.15) is 17.5 Å². The Morgan fingerprint density at radius 2 is 1.55 bits per heavy atom. The van der Waals surface area contributed by atoms with Gasteiger partial charge < -0.3 is 21.3 Å². The molecule has 1 aliphatic heterocycles. The normalized spacial score (nSPS) is 12.2. The van der Waals surface area contributed by atoms with Crippen LogP contribution in [0.4, 0.5) is 36.3 Å². The molecule has 5 nitrogen and oxygen atoms in total. The lowest BCUT2D eigenvalue weighted by atomic mass is 10.2. The average Bonchev–Trinajstić information content (AvgIpc) is 2.76. The smallest absolute Gasteiger partial charge is 0.323 e. The van der Waals surface area contributed by atoms with Gasteiger partial charge in [-0.05, 0) is 30.3 Å². The van der Waals surface area contributed by atoms with E-state index in [1.165, 1.54) is 0 Å². The number of anilines is 4. The molecule has 2 aromatic rings. The molecular formula is C15H12F2N4O. The number of fused-ring (bicyclic) bond motifs is 1. The van der Waals surface area contributed by atoms with Gasteiger partial charge >= 0.3 is 6.03 Å². The molecule has 0 radical (unpaired) electrons. The van der Waals surface area contributed by atoms with E-state index in [9.17, 15) is 13.6 Å². The summed E-state index contributed by atoms with van der Waals surface area (Å²) in [6, 6.07) is 7.37. The monoisotopic (exact) mass is 302 g/mol. The van der Waals surface area contributed by atoms with Gasteiger partial charge in [0.15, 0.2) is 0 Å². The van der Waals surface area contributed by atoms with Crippen LogP contribution in [0.2, 0.25) is 0 Å². The highest BCUT2D eigenvalue weighted by Crippen LogP contribution is 2.32. The van der Waals surface area contributed by atoms with Crippen molar-refractivity contribution >= 4 is 28.8 Å². The predicted molar refractivity (Wildman–Crippen MR) is 81.8 cm³/mol. The third-order valence-corrected chi connectivity index (χ3v) is 2.97. The lowest BCUT2D eigenvalue weighted by molar-refractivity contribution is 0.262. The number of carbonyl (C=O) groups excluding carboxylic acids is 1. The Labute approximate surface area is 125 Å². The fraction of sp³-hybridized carbons (Fsp3) is 0. The number of hydrogen-bond donors (Lipinski definition) is 4. The Bertz CT molecular complexity index is 756. The summed E-state index contributed by atoms with van der Waals surface area (Å²) in [5, 5.41) is 11.0. The van der Waals surface area contributed by atoms with Gasteiger partial charge in [-0.1, -0.05) is 6.58 Å². The largest absolute Gasteiger partial charge is 0.341 e. The van der Waals surface area contributed by atoms with Crippen LogP contribution in [-0.2, 0) is 0 Å². The summed E-state index contributed by atoms with van der Waals surface area (Å²) in [6.45, 7) is 3.74. The molecule has 0 saturated heterocycles. The Morgan fingerprint density at radius 3 is 2.27 bits per heavy atom. The maximum atomic E-state index is 13.1. The minimum Gasteiger partial charge on any atom is -0.341 e. The van der Waals surface area contributed by atoms with Crippen LogP contribution in [0.5, 0.6) is 0 Å². The van der Waals surface area contributed by atoms with Gasteiger partial charge in [0, 0.05) is 17.4 Å². The zero-order chi connectivity index (χ0) is 15.7. The summed E-state index contributed by atoms with van der Waals surface area (Å²) < 4.78 is 26.1. The van der Waals surface area contributed by atoms with Crippen molar-refractivity contribution in [1.29, 1.82) is 0 Å². The number of hydrogen-bond acceptors (Lipinski definition) is 3. The number of carbonyl (C=O) groups is 1. The molecule has 112 valence electrons. The van der Waals surface area contributed by atoms with Crippen LogP contribution in [0.15, 0.2) is 48.8 Å². The van der Waals surface area contributed by atoms with Gasteiger partial charge in [-0.25, -0.2) is 13.6 Å². The number of rotatable bonds is 2. The van der Waals surface area contributed by atoms with Crippen molar-refractivity contribution in [2.24, 2.45) is 0 Å². The Hall–Kier alpha value is -3.09. The summed E-state index contributed by atoms with van der Waals surface area (Å²) in [4.78, 5) is 11.8. The van der Waals surface area contributed by atoms with Crippen LogP contribution in [-0.4, -0.2) is 6.03 Å². The first-order chi connectivity index (χ1) is 10.5. The van der Waals surface area contributed by atoms with E-state index in [0.29, 0.717) is 11.5 Å². The minimum atomic E-state index is -0.762. The molecule has 7 heteroatoms. The summed E-state index contributed by atoms with van der Waals surface area (Å²) in [6.07, 6.45) is 0. The van der Waals surface area contributed by atoms with Gasteiger partial charge in [-0.3, -0.25) is 0 Å². The van der Waals surface area contributed by atoms with E-state index in [4.69, 9.17) is 0 Å². The molecule has 0 aliphatic carbocycles. The maximum absolute atomic E-state index is 13.1. The summed E-state index contributed by atoms with van der Waals surface area (Å²) >= 11 is 0. The average molecular weight is 302 g/mol. The van der Waals surface area contributed by atoms with Gasteiger partial charge in [0.05, 0.1) is 11.4 Å². The SMILES string of the molecule is C=C1Nc2ccc(NC(=O)Nc3cc(F)cc(F)c3)cc2N1. The van der Waals surface area contributed by atoms with Gasteiger partial charge in [-0.2, -0.15) is 0 Å². The molecule has 4 N–H and O–H groups in total. The minimum absolute atomic E-state index is 0.0318. The highest BCUT2D eigenvalue weighted by Gasteiger charge is 2.13. The number of halogens is 2. The van der Waals surface area contributed by atoms with E-state index in [2.05, 4.69) is 27.8 Å². The van der Waals surface area contributed by atoms with Crippen LogP contribution in [0.3, 0.4) is 0 Å². The Balaban J connectivity index is 1.69. The van der Waals surface area contributed by atoms with E-state index >= 15 is 0 Å². The molecule has 2 amide bonds. The molecule has 0 saturated carbocycles. The molecule has 0 spiro atoms. The maximum Gasteiger partial charge on any atom is 0.323 e. The van der Waals surface area contributed by atoms with Crippen molar-refractivity contribution in [3.05, 3.63) is 60.4 Å². The quantitative estimate of drug-likeness (QED) is 0.680. The molecular weight excluding hydrogens is 290 g/mol. The summed E-state index contributed by atoms with van der Waals surface area (Å²) in [5.41, 5.74) is 2.18. The number of benzene rings is 2. The lowest BCUT2D eigenvalue weighted by Gasteiger charge is -2.09. The first kappa shape index (κ1) is 13.9. The molecule has 0 fully saturated rings. The Morgan fingerprint density at radius 1 is 0.909 bits per heavy atom. The van der Waals surface area contributed by atoms with Crippen LogP contribution in [0.25, 0.3) is 0 Å². The van der Waals surface area contributed by atoms with Gasteiger partial charge in [-0.15, -0.1) is 0 Å². The third-order valence-electron chi connectivity index (χ3n) is 2.97. The molecule has 3 rings (SSSR count). The van der Waals surface area contributed by atoms with Crippen LogP contribution < -0.4 is 21.3 Å². The molecule has 0 unspecified atom stereocenters. The van der Waals surface area contributed by atoms with E-state index in [1.54, 1.807) is 18.2 Å². The van der Waals surface area contributed by atoms with Gasteiger partial charge in [0.25, 0.3) is 0 Å². The van der Waals surface area contributed by atoms with Crippen LogP contribution >= 0.6 is 0 Å². The predicted octanol–water partition coefficient (Wildman–Crippen LogP) is 3.92. The van der Waals surface area contributed by atoms with Crippen molar-refractivity contribution in [1.82, 2.24) is 0 Å². The van der Waals surface area contributed by atoms with Crippen LogP contribution in [0.1, 0.15) is 0 Å². The second kappa shape index (κ2) is 5.36. The summed E-state index contributed by atoms with van der Waals surface area (Å²) in [7, 11) is 0. The Kier molecular flexibility index (Phi) is 3.38. The fourth-order valence-corrected chi connectivity index (χ4v) is 2.11. The molecule has 2 aromatic carbocycles. The number of urea groups is 1. The van der Waals surface area contributed by atoms with Crippen molar-refractivity contribution < 1.29 is 13.6 Å². The van der Waals surface area contributed by atoms with E-state index in [1.807, 2.05) is 0 Å². The van der Waals surface area contributed by atoms with Crippen molar-refractivity contribution in [2.75, 3.05) is 21.3 Å². The van der Waals surface area contributed by atoms with E-state index < -0.39 is 17.7 Å². The standard InChI is InChI=1S/C15H12F2N4O/c1-8-18-13-3-2-11(7-14(13)19-8)20-15(22)21-12-5-9(16)4-10(17)6-12/h2-7,18-19H,1H2,(H2,20,21,22). The summed E-state index contributed by atoms with van der Waals surface area (Å²) in [5.74, 6) is -0.880. The highest BCUT2D eigenvalue weighted by atomic mass is 19.1. The fourth-order valence-electron chi connectivity index (χ4n) is 2.11. The zero-order valence-corrected chi connectivity index (χ0v) is 11.3. The van der Waals surface area contributed by atoms with Gasteiger partial charge in [0.2, 0.25) is 0 Å². The zero-order valence-electron chi connectivity index (χ0n) is 11.3. The lowest BCUT2D eigenvalue weighted by Crippen LogP contribution is -2.19.